The van der Waals surface area contributed by atoms with Gasteiger partial charge in [-0.25, -0.2) is 4.39 Å². The monoisotopic (exact) mass is 240 g/mol. The van der Waals surface area contributed by atoms with E-state index < -0.39 is 5.82 Å². The molecule has 0 spiro atoms. The standard InChI is InChI=1S/C13H21FN2O/c1-4-17-13-8-12(11(15)7-10(13)14)16-6-5-9(2)3/h7-9,16H,4-6,15H2,1-3H3. The summed E-state index contributed by atoms with van der Waals surface area (Å²) in [6, 6.07) is 2.91. The Labute approximate surface area is 102 Å². The minimum absolute atomic E-state index is 0.244. The van der Waals surface area contributed by atoms with E-state index in [1.807, 2.05) is 6.92 Å². The van der Waals surface area contributed by atoms with Crippen molar-refractivity contribution in [3.05, 3.63) is 17.9 Å². The van der Waals surface area contributed by atoms with E-state index in [2.05, 4.69) is 19.2 Å². The molecule has 4 heteroatoms. The Morgan fingerprint density at radius 2 is 2.12 bits per heavy atom. The summed E-state index contributed by atoms with van der Waals surface area (Å²) in [6.07, 6.45) is 1.04. The summed E-state index contributed by atoms with van der Waals surface area (Å²) in [5.74, 6) is 0.447. The second-order valence-corrected chi connectivity index (χ2v) is 4.41. The van der Waals surface area contributed by atoms with Crippen LogP contribution in [-0.2, 0) is 0 Å². The van der Waals surface area contributed by atoms with Crippen molar-refractivity contribution >= 4 is 11.4 Å². The molecule has 3 nitrogen and oxygen atoms in total. The Morgan fingerprint density at radius 1 is 1.41 bits per heavy atom. The van der Waals surface area contributed by atoms with Gasteiger partial charge in [0, 0.05) is 18.7 Å². The summed E-state index contributed by atoms with van der Waals surface area (Å²) >= 11 is 0. The number of nitrogens with one attached hydrogen (secondary N) is 1. The van der Waals surface area contributed by atoms with Crippen LogP contribution in [0.5, 0.6) is 5.75 Å². The maximum absolute atomic E-state index is 13.4. The van der Waals surface area contributed by atoms with Gasteiger partial charge in [0.15, 0.2) is 11.6 Å². The fraction of sp³-hybridized carbons (Fsp3) is 0.538. The van der Waals surface area contributed by atoms with Crippen molar-refractivity contribution < 1.29 is 9.13 Å². The Hall–Kier alpha value is -1.45. The predicted molar refractivity (Wildman–Crippen MR) is 69.9 cm³/mol. The van der Waals surface area contributed by atoms with Gasteiger partial charge in [0.1, 0.15) is 0 Å². The van der Waals surface area contributed by atoms with E-state index in [0.29, 0.717) is 18.2 Å². The number of ether oxygens (including phenoxy) is 1. The van der Waals surface area contributed by atoms with Crippen LogP contribution in [0.15, 0.2) is 12.1 Å². The number of rotatable bonds is 6. The van der Waals surface area contributed by atoms with Gasteiger partial charge in [-0.2, -0.15) is 0 Å². The SMILES string of the molecule is CCOc1cc(NCCC(C)C)c(N)cc1F. The van der Waals surface area contributed by atoms with E-state index in [1.54, 1.807) is 6.07 Å². The van der Waals surface area contributed by atoms with Crippen LogP contribution < -0.4 is 15.8 Å². The summed E-state index contributed by atoms with van der Waals surface area (Å²) in [4.78, 5) is 0. The number of hydrogen-bond acceptors (Lipinski definition) is 3. The highest BCUT2D eigenvalue weighted by molar-refractivity contribution is 5.68. The molecule has 17 heavy (non-hydrogen) atoms. The minimum atomic E-state index is -0.418. The normalized spacial score (nSPS) is 10.6. The van der Waals surface area contributed by atoms with Crippen LogP contribution in [0.1, 0.15) is 27.2 Å². The van der Waals surface area contributed by atoms with E-state index in [9.17, 15) is 4.39 Å². The average molecular weight is 240 g/mol. The lowest BCUT2D eigenvalue weighted by atomic mass is 10.1. The molecule has 0 aliphatic heterocycles. The second-order valence-electron chi connectivity index (χ2n) is 4.41. The van der Waals surface area contributed by atoms with Gasteiger partial charge in [0.05, 0.1) is 18.0 Å². The Kier molecular flexibility index (Phi) is 5.07. The summed E-state index contributed by atoms with van der Waals surface area (Å²) in [5.41, 5.74) is 6.89. The molecule has 1 rings (SSSR count). The zero-order chi connectivity index (χ0) is 12.8. The molecule has 0 amide bonds. The molecule has 0 unspecified atom stereocenters. The van der Waals surface area contributed by atoms with Gasteiger partial charge in [-0.05, 0) is 19.3 Å². The number of anilines is 2. The van der Waals surface area contributed by atoms with Crippen LogP contribution in [-0.4, -0.2) is 13.2 Å². The minimum Gasteiger partial charge on any atom is -0.491 e. The van der Waals surface area contributed by atoms with Crippen LogP contribution in [0.2, 0.25) is 0 Å². The number of nitrogen functional groups attached to an aromatic ring is 1. The van der Waals surface area contributed by atoms with Gasteiger partial charge in [-0.15, -0.1) is 0 Å². The van der Waals surface area contributed by atoms with E-state index in [4.69, 9.17) is 10.5 Å². The first-order valence-electron chi connectivity index (χ1n) is 6.00. The molecule has 0 aliphatic carbocycles. The smallest absolute Gasteiger partial charge is 0.167 e. The van der Waals surface area contributed by atoms with Crippen molar-refractivity contribution in [3.8, 4) is 5.75 Å². The molecule has 0 aromatic heterocycles. The lowest BCUT2D eigenvalue weighted by molar-refractivity contribution is 0.322. The lowest BCUT2D eigenvalue weighted by Gasteiger charge is -2.13. The highest BCUT2D eigenvalue weighted by Crippen LogP contribution is 2.28. The summed E-state index contributed by atoms with van der Waals surface area (Å²) in [6.45, 7) is 7.38. The van der Waals surface area contributed by atoms with Gasteiger partial charge < -0.3 is 15.8 Å². The van der Waals surface area contributed by atoms with Crippen LogP contribution in [0.4, 0.5) is 15.8 Å². The number of benzene rings is 1. The third-order valence-electron chi connectivity index (χ3n) is 2.44. The molecule has 0 saturated heterocycles. The van der Waals surface area contributed by atoms with Crippen LogP contribution in [0, 0.1) is 11.7 Å². The quantitative estimate of drug-likeness (QED) is 0.750. The number of nitrogens with two attached hydrogens (primary N) is 1. The van der Waals surface area contributed by atoms with E-state index in [0.717, 1.165) is 18.7 Å². The first-order chi connectivity index (χ1) is 8.04. The molecule has 1 aromatic carbocycles. The summed E-state index contributed by atoms with van der Waals surface area (Å²) in [5, 5.41) is 3.20. The van der Waals surface area contributed by atoms with E-state index in [1.165, 1.54) is 6.07 Å². The Bertz CT molecular complexity index is 367. The molecule has 96 valence electrons. The number of hydrogen-bond donors (Lipinski definition) is 2. The van der Waals surface area contributed by atoms with Gasteiger partial charge >= 0.3 is 0 Å². The van der Waals surface area contributed by atoms with Crippen molar-refractivity contribution in [3.63, 3.8) is 0 Å². The topological polar surface area (TPSA) is 47.3 Å². The van der Waals surface area contributed by atoms with Gasteiger partial charge in [-0.3, -0.25) is 0 Å². The van der Waals surface area contributed by atoms with Gasteiger partial charge in [-0.1, -0.05) is 13.8 Å². The molecular weight excluding hydrogens is 219 g/mol. The van der Waals surface area contributed by atoms with Crippen LogP contribution in [0.3, 0.4) is 0 Å². The molecule has 0 aliphatic rings. The molecule has 0 bridgehead atoms. The maximum Gasteiger partial charge on any atom is 0.167 e. The zero-order valence-electron chi connectivity index (χ0n) is 10.7. The second kappa shape index (κ2) is 6.33. The molecule has 0 radical (unpaired) electrons. The van der Waals surface area contributed by atoms with Crippen molar-refractivity contribution in [2.24, 2.45) is 5.92 Å². The van der Waals surface area contributed by atoms with Gasteiger partial charge in [0.25, 0.3) is 0 Å². The van der Waals surface area contributed by atoms with Crippen molar-refractivity contribution in [2.75, 3.05) is 24.2 Å². The molecule has 0 fully saturated rings. The van der Waals surface area contributed by atoms with E-state index in [-0.39, 0.29) is 5.75 Å². The van der Waals surface area contributed by atoms with Gasteiger partial charge in [0.2, 0.25) is 0 Å². The molecule has 0 saturated carbocycles. The molecular formula is C13H21FN2O. The third kappa shape index (κ3) is 4.13. The number of halogens is 1. The highest BCUT2D eigenvalue weighted by Gasteiger charge is 2.08. The third-order valence-corrected chi connectivity index (χ3v) is 2.44. The zero-order valence-corrected chi connectivity index (χ0v) is 10.7. The predicted octanol–water partition coefficient (Wildman–Crippen LogP) is 3.26. The highest BCUT2D eigenvalue weighted by atomic mass is 19.1. The largest absolute Gasteiger partial charge is 0.491 e. The first kappa shape index (κ1) is 13.6. The first-order valence-corrected chi connectivity index (χ1v) is 6.00. The summed E-state index contributed by atoms with van der Waals surface area (Å²) < 4.78 is 18.6. The Balaban J connectivity index is 2.73. The Morgan fingerprint density at radius 3 is 2.71 bits per heavy atom. The molecule has 0 atom stereocenters. The van der Waals surface area contributed by atoms with Crippen molar-refractivity contribution in [1.82, 2.24) is 0 Å². The average Bonchev–Trinajstić information content (AvgIpc) is 2.24. The van der Waals surface area contributed by atoms with Crippen molar-refractivity contribution in [1.29, 1.82) is 0 Å². The molecule has 0 heterocycles. The van der Waals surface area contributed by atoms with E-state index >= 15 is 0 Å². The van der Waals surface area contributed by atoms with Crippen LogP contribution >= 0.6 is 0 Å². The molecule has 3 N–H and O–H groups in total. The summed E-state index contributed by atoms with van der Waals surface area (Å²) in [7, 11) is 0. The maximum atomic E-state index is 13.4. The fourth-order valence-corrected chi connectivity index (χ4v) is 1.48. The molecule has 1 aromatic rings. The van der Waals surface area contributed by atoms with Crippen molar-refractivity contribution in [2.45, 2.75) is 27.2 Å². The lowest BCUT2D eigenvalue weighted by Crippen LogP contribution is -2.08. The fourth-order valence-electron chi connectivity index (χ4n) is 1.48. The van der Waals surface area contributed by atoms with Crippen LogP contribution in [0.25, 0.3) is 0 Å².